The van der Waals surface area contributed by atoms with Crippen LogP contribution in [0.1, 0.15) is 31.2 Å². The highest BCUT2D eigenvalue weighted by molar-refractivity contribution is 9.10. The van der Waals surface area contributed by atoms with E-state index in [1.54, 1.807) is 0 Å². The third kappa shape index (κ3) is 2.65. The van der Waals surface area contributed by atoms with E-state index in [-0.39, 0.29) is 11.7 Å². The zero-order valence-corrected chi connectivity index (χ0v) is 12.9. The van der Waals surface area contributed by atoms with Crippen LogP contribution in [-0.2, 0) is 4.79 Å². The summed E-state index contributed by atoms with van der Waals surface area (Å²) in [5.74, 6) is -0.196. The molecule has 20 heavy (non-hydrogen) atoms. The molecule has 1 aliphatic carbocycles. The lowest BCUT2D eigenvalue weighted by Gasteiger charge is -2.26. The number of nitrogens with one attached hydrogen (secondary N) is 1. The van der Waals surface area contributed by atoms with E-state index in [1.807, 2.05) is 25.1 Å². The first-order valence-electron chi connectivity index (χ1n) is 6.55. The number of anilines is 1. The van der Waals surface area contributed by atoms with Crippen molar-refractivity contribution in [3.8, 4) is 0 Å². The number of rotatable bonds is 3. The summed E-state index contributed by atoms with van der Waals surface area (Å²) in [5.41, 5.74) is 6.59. The topological polar surface area (TPSA) is 87.7 Å². The molecule has 1 fully saturated rings. The van der Waals surface area contributed by atoms with E-state index >= 15 is 0 Å². The summed E-state index contributed by atoms with van der Waals surface area (Å²) < 4.78 is 0.958. The molecule has 1 aliphatic rings. The van der Waals surface area contributed by atoms with Crippen LogP contribution in [-0.4, -0.2) is 17.0 Å². The van der Waals surface area contributed by atoms with Gasteiger partial charge in [-0.15, -0.1) is 0 Å². The molecule has 0 unspecified atom stereocenters. The molecule has 0 radical (unpaired) electrons. The Morgan fingerprint density at radius 2 is 2.10 bits per heavy atom. The van der Waals surface area contributed by atoms with Gasteiger partial charge in [0, 0.05) is 10.2 Å². The summed E-state index contributed by atoms with van der Waals surface area (Å²) >= 11 is 3.39. The van der Waals surface area contributed by atoms with E-state index in [2.05, 4.69) is 26.4 Å². The summed E-state index contributed by atoms with van der Waals surface area (Å²) in [6.07, 6.45) is 3.04. The zero-order valence-electron chi connectivity index (χ0n) is 11.3. The van der Waals surface area contributed by atoms with Gasteiger partial charge in [0.05, 0.1) is 0 Å². The summed E-state index contributed by atoms with van der Waals surface area (Å²) in [5, 5.41) is 14.9. The number of benzene rings is 1. The number of oxime groups is 1. The average molecular weight is 340 g/mol. The van der Waals surface area contributed by atoms with Crippen molar-refractivity contribution in [3.05, 3.63) is 28.2 Å². The minimum atomic E-state index is -0.881. The molecular weight excluding hydrogens is 322 g/mol. The fourth-order valence-electron chi connectivity index (χ4n) is 2.68. The molecule has 0 aromatic heterocycles. The zero-order chi connectivity index (χ0) is 14.8. The highest BCUT2D eigenvalue weighted by Crippen LogP contribution is 2.39. The first-order valence-corrected chi connectivity index (χ1v) is 7.34. The third-order valence-electron chi connectivity index (χ3n) is 3.93. The molecule has 0 aliphatic heterocycles. The van der Waals surface area contributed by atoms with Crippen molar-refractivity contribution < 1.29 is 10.0 Å². The van der Waals surface area contributed by atoms with Gasteiger partial charge in [-0.25, -0.2) is 0 Å². The highest BCUT2D eigenvalue weighted by Gasteiger charge is 2.45. The highest BCUT2D eigenvalue weighted by atomic mass is 79.9. The van der Waals surface area contributed by atoms with Gasteiger partial charge in [0.2, 0.25) is 5.91 Å². The monoisotopic (exact) mass is 339 g/mol. The van der Waals surface area contributed by atoms with Gasteiger partial charge < -0.3 is 16.3 Å². The number of amidine groups is 1. The predicted molar refractivity (Wildman–Crippen MR) is 81.8 cm³/mol. The molecule has 1 saturated carbocycles. The summed E-state index contributed by atoms with van der Waals surface area (Å²) in [6, 6.07) is 5.64. The van der Waals surface area contributed by atoms with Gasteiger partial charge in [0.1, 0.15) is 5.41 Å². The van der Waals surface area contributed by atoms with Crippen molar-refractivity contribution in [2.45, 2.75) is 32.6 Å². The maximum atomic E-state index is 12.6. The van der Waals surface area contributed by atoms with Crippen molar-refractivity contribution in [2.24, 2.45) is 16.3 Å². The summed E-state index contributed by atoms with van der Waals surface area (Å²) in [7, 11) is 0. The molecule has 0 saturated heterocycles. The van der Waals surface area contributed by atoms with Gasteiger partial charge in [-0.2, -0.15) is 0 Å². The van der Waals surface area contributed by atoms with Crippen LogP contribution in [0, 0.1) is 12.3 Å². The van der Waals surface area contributed by atoms with Gasteiger partial charge in [-0.05, 0) is 43.5 Å². The molecule has 0 atom stereocenters. The third-order valence-corrected chi connectivity index (χ3v) is 4.42. The number of hydrogen-bond acceptors (Lipinski definition) is 3. The number of halogens is 1. The smallest absolute Gasteiger partial charge is 0.238 e. The molecule has 4 N–H and O–H groups in total. The van der Waals surface area contributed by atoms with E-state index in [0.29, 0.717) is 12.8 Å². The maximum absolute atomic E-state index is 12.6. The quantitative estimate of drug-likeness (QED) is 0.342. The van der Waals surface area contributed by atoms with Crippen LogP contribution in [0.25, 0.3) is 0 Å². The largest absolute Gasteiger partial charge is 0.409 e. The fraction of sp³-hybridized carbons (Fsp3) is 0.429. The number of aryl methyl sites for hydroxylation is 1. The number of nitrogens with two attached hydrogens (primary N) is 1. The van der Waals surface area contributed by atoms with E-state index in [4.69, 9.17) is 10.9 Å². The predicted octanol–water partition coefficient (Wildman–Crippen LogP) is 3.00. The van der Waals surface area contributed by atoms with Crippen molar-refractivity contribution in [1.82, 2.24) is 0 Å². The van der Waals surface area contributed by atoms with Gasteiger partial charge >= 0.3 is 0 Å². The number of carbonyl (C=O) groups is 1. The standard InChI is InChI=1S/C14H18BrN3O2/c1-9-8-10(15)4-5-11(9)17-13(19)14(12(16)18-20)6-2-3-7-14/h4-5,8,20H,2-3,6-7H2,1H3,(H2,16,18)(H,17,19). The lowest BCUT2D eigenvalue weighted by atomic mass is 9.83. The van der Waals surface area contributed by atoms with Crippen LogP contribution in [0.3, 0.4) is 0 Å². The maximum Gasteiger partial charge on any atom is 0.238 e. The van der Waals surface area contributed by atoms with Crippen LogP contribution in [0.5, 0.6) is 0 Å². The summed E-state index contributed by atoms with van der Waals surface area (Å²) in [6.45, 7) is 1.92. The molecule has 0 spiro atoms. The van der Waals surface area contributed by atoms with Gasteiger partial charge in [0.25, 0.3) is 0 Å². The van der Waals surface area contributed by atoms with Crippen LogP contribution in [0.4, 0.5) is 5.69 Å². The molecule has 1 aromatic carbocycles. The molecule has 1 amide bonds. The normalized spacial score (nSPS) is 18.0. The minimum Gasteiger partial charge on any atom is -0.409 e. The Balaban J connectivity index is 2.26. The molecule has 1 aromatic rings. The van der Waals surface area contributed by atoms with E-state index in [9.17, 15) is 4.79 Å². The lowest BCUT2D eigenvalue weighted by Crippen LogP contribution is -2.45. The van der Waals surface area contributed by atoms with Crippen LogP contribution in [0.2, 0.25) is 0 Å². The van der Waals surface area contributed by atoms with Gasteiger partial charge in [0.15, 0.2) is 5.84 Å². The fourth-order valence-corrected chi connectivity index (χ4v) is 3.16. The second-order valence-electron chi connectivity index (χ2n) is 5.19. The second kappa shape index (κ2) is 5.83. The Hall–Kier alpha value is -1.56. The molecular formula is C14H18BrN3O2. The Kier molecular flexibility index (Phi) is 4.32. The van der Waals surface area contributed by atoms with E-state index < -0.39 is 5.41 Å². The van der Waals surface area contributed by atoms with Crippen molar-refractivity contribution in [1.29, 1.82) is 0 Å². The first kappa shape index (κ1) is 14.8. The van der Waals surface area contributed by atoms with Crippen LogP contribution in [0.15, 0.2) is 27.8 Å². The minimum absolute atomic E-state index is 0.00210. The second-order valence-corrected chi connectivity index (χ2v) is 6.10. The van der Waals surface area contributed by atoms with Crippen molar-refractivity contribution >= 4 is 33.4 Å². The van der Waals surface area contributed by atoms with E-state index in [1.165, 1.54) is 0 Å². The Labute approximate surface area is 126 Å². The van der Waals surface area contributed by atoms with Crippen molar-refractivity contribution in [3.63, 3.8) is 0 Å². The van der Waals surface area contributed by atoms with Crippen molar-refractivity contribution in [2.75, 3.05) is 5.32 Å². The number of nitrogens with zero attached hydrogens (tertiary/aromatic N) is 1. The lowest BCUT2D eigenvalue weighted by molar-refractivity contribution is -0.122. The Morgan fingerprint density at radius 3 is 2.65 bits per heavy atom. The Morgan fingerprint density at radius 1 is 1.45 bits per heavy atom. The summed E-state index contributed by atoms with van der Waals surface area (Å²) in [4.78, 5) is 12.6. The van der Waals surface area contributed by atoms with Crippen LogP contribution >= 0.6 is 15.9 Å². The molecule has 6 heteroatoms. The Bertz CT molecular complexity index is 551. The molecule has 108 valence electrons. The first-order chi connectivity index (χ1) is 9.49. The number of hydrogen-bond donors (Lipinski definition) is 3. The molecule has 0 bridgehead atoms. The SMILES string of the molecule is Cc1cc(Br)ccc1NC(=O)C1(C(N)=NO)CCCC1. The molecule has 5 nitrogen and oxygen atoms in total. The average Bonchev–Trinajstić information content (AvgIpc) is 2.91. The van der Waals surface area contributed by atoms with Crippen LogP contribution < -0.4 is 11.1 Å². The number of amides is 1. The van der Waals surface area contributed by atoms with E-state index in [0.717, 1.165) is 28.6 Å². The number of carbonyl (C=O) groups excluding carboxylic acids is 1. The molecule has 0 heterocycles. The van der Waals surface area contributed by atoms with Gasteiger partial charge in [-0.3, -0.25) is 4.79 Å². The van der Waals surface area contributed by atoms with Gasteiger partial charge in [-0.1, -0.05) is 33.9 Å². The molecule has 2 rings (SSSR count).